The number of aliphatic hydroxyl groups excluding tert-OH is 1. The van der Waals surface area contributed by atoms with E-state index >= 15 is 0 Å². The molecular formula is C18H20O3. The van der Waals surface area contributed by atoms with Crippen molar-refractivity contribution in [3.05, 3.63) is 59.2 Å². The van der Waals surface area contributed by atoms with Crippen LogP contribution in [0.1, 0.15) is 35.1 Å². The van der Waals surface area contributed by atoms with Crippen molar-refractivity contribution in [1.82, 2.24) is 0 Å². The maximum atomic E-state index is 10.8. The van der Waals surface area contributed by atoms with Crippen LogP contribution >= 0.6 is 0 Å². The van der Waals surface area contributed by atoms with E-state index in [1.165, 1.54) is 11.1 Å². The molecule has 21 heavy (non-hydrogen) atoms. The highest BCUT2D eigenvalue weighted by molar-refractivity contribution is 5.42. The van der Waals surface area contributed by atoms with E-state index in [1.54, 1.807) is 14.2 Å². The number of methoxy groups -OCH3 is 2. The normalized spacial score (nSPS) is 18.1. The first-order valence-corrected chi connectivity index (χ1v) is 7.21. The minimum Gasteiger partial charge on any atom is -0.497 e. The molecule has 0 saturated heterocycles. The molecule has 3 heteroatoms. The lowest BCUT2D eigenvalue weighted by Crippen LogP contribution is -2.08. The number of hydrogen-bond donors (Lipinski definition) is 1. The largest absolute Gasteiger partial charge is 0.497 e. The molecule has 1 aliphatic rings. The third-order valence-electron chi connectivity index (χ3n) is 4.28. The fraction of sp³-hybridized carbons (Fsp3) is 0.333. The van der Waals surface area contributed by atoms with Gasteiger partial charge in [-0.15, -0.1) is 0 Å². The van der Waals surface area contributed by atoms with Gasteiger partial charge in [-0.3, -0.25) is 0 Å². The summed E-state index contributed by atoms with van der Waals surface area (Å²) in [5, 5.41) is 10.8. The van der Waals surface area contributed by atoms with E-state index in [4.69, 9.17) is 9.47 Å². The van der Waals surface area contributed by atoms with Crippen molar-refractivity contribution in [2.24, 2.45) is 0 Å². The molecule has 2 unspecified atom stereocenters. The van der Waals surface area contributed by atoms with Crippen LogP contribution in [0.2, 0.25) is 0 Å². The second-order valence-corrected chi connectivity index (χ2v) is 5.43. The molecule has 0 heterocycles. The molecule has 2 atom stereocenters. The van der Waals surface area contributed by atoms with Gasteiger partial charge in [-0.2, -0.15) is 0 Å². The molecule has 0 amide bonds. The Morgan fingerprint density at radius 1 is 1.05 bits per heavy atom. The summed E-state index contributed by atoms with van der Waals surface area (Å²) in [6.45, 7) is 0. The molecular weight excluding hydrogens is 264 g/mol. The molecule has 2 aromatic rings. The van der Waals surface area contributed by atoms with Gasteiger partial charge in [0.25, 0.3) is 0 Å². The van der Waals surface area contributed by atoms with Crippen molar-refractivity contribution in [3.63, 3.8) is 0 Å². The van der Waals surface area contributed by atoms with Crippen LogP contribution in [0, 0.1) is 0 Å². The van der Waals surface area contributed by atoms with Crippen LogP contribution in [0.25, 0.3) is 0 Å². The molecule has 0 aromatic heterocycles. The average molecular weight is 284 g/mol. The van der Waals surface area contributed by atoms with E-state index in [1.807, 2.05) is 24.3 Å². The first-order valence-electron chi connectivity index (χ1n) is 7.21. The van der Waals surface area contributed by atoms with Crippen LogP contribution in [0.15, 0.2) is 42.5 Å². The summed E-state index contributed by atoms with van der Waals surface area (Å²) in [4.78, 5) is 0. The summed E-state index contributed by atoms with van der Waals surface area (Å²) in [5.74, 6) is 1.54. The monoisotopic (exact) mass is 284 g/mol. The summed E-state index contributed by atoms with van der Waals surface area (Å²) in [6, 6.07) is 13.9. The predicted octanol–water partition coefficient (Wildman–Crippen LogP) is 3.47. The van der Waals surface area contributed by atoms with E-state index in [-0.39, 0.29) is 5.92 Å². The fourth-order valence-electron chi connectivity index (χ4n) is 3.15. The maximum absolute atomic E-state index is 10.8. The van der Waals surface area contributed by atoms with Gasteiger partial charge in [0.05, 0.1) is 20.3 Å². The summed E-state index contributed by atoms with van der Waals surface area (Å²) in [6.07, 6.45) is 1.46. The summed E-state index contributed by atoms with van der Waals surface area (Å²) in [7, 11) is 3.24. The molecule has 1 N–H and O–H groups in total. The molecule has 0 aliphatic heterocycles. The highest BCUT2D eigenvalue weighted by Crippen LogP contribution is 2.42. The van der Waals surface area contributed by atoms with Crippen molar-refractivity contribution in [2.75, 3.05) is 14.2 Å². The lowest BCUT2D eigenvalue weighted by molar-refractivity contribution is 0.144. The minimum absolute atomic E-state index is 0.137. The van der Waals surface area contributed by atoms with Crippen molar-refractivity contribution in [2.45, 2.75) is 24.9 Å². The third kappa shape index (κ3) is 2.61. The highest BCUT2D eigenvalue weighted by atomic mass is 16.5. The first kappa shape index (κ1) is 14.0. The van der Waals surface area contributed by atoms with Gasteiger partial charge in [0, 0.05) is 12.0 Å². The Hall–Kier alpha value is -2.00. The molecule has 0 saturated carbocycles. The van der Waals surface area contributed by atoms with Crippen molar-refractivity contribution < 1.29 is 14.6 Å². The van der Waals surface area contributed by atoms with Gasteiger partial charge in [0.2, 0.25) is 0 Å². The highest BCUT2D eigenvalue weighted by Gasteiger charge is 2.29. The number of fused-ring (bicyclic) bond motifs is 1. The summed E-state index contributed by atoms with van der Waals surface area (Å²) < 4.78 is 10.6. The molecule has 2 aromatic carbocycles. The van der Waals surface area contributed by atoms with Crippen LogP contribution in [-0.4, -0.2) is 19.3 Å². The van der Waals surface area contributed by atoms with Crippen LogP contribution in [0.4, 0.5) is 0 Å². The van der Waals surface area contributed by atoms with Gasteiger partial charge < -0.3 is 14.6 Å². The molecule has 3 nitrogen and oxygen atoms in total. The average Bonchev–Trinajstić information content (AvgIpc) is 2.97. The molecule has 1 aliphatic carbocycles. The van der Waals surface area contributed by atoms with E-state index in [0.29, 0.717) is 11.5 Å². The van der Waals surface area contributed by atoms with Crippen LogP contribution in [0.3, 0.4) is 0 Å². The zero-order valence-electron chi connectivity index (χ0n) is 12.4. The first-order chi connectivity index (χ1) is 10.2. The van der Waals surface area contributed by atoms with Gasteiger partial charge in [0.1, 0.15) is 11.5 Å². The van der Waals surface area contributed by atoms with E-state index < -0.39 is 6.10 Å². The van der Waals surface area contributed by atoms with Gasteiger partial charge in [-0.25, -0.2) is 0 Å². The Bertz CT molecular complexity index is 614. The zero-order chi connectivity index (χ0) is 14.8. The molecule has 0 fully saturated rings. The molecule has 3 rings (SSSR count). The second kappa shape index (κ2) is 5.78. The Morgan fingerprint density at radius 2 is 1.71 bits per heavy atom. The van der Waals surface area contributed by atoms with E-state index in [2.05, 4.69) is 18.2 Å². The summed E-state index contributed by atoms with van der Waals surface area (Å²) >= 11 is 0. The topological polar surface area (TPSA) is 38.7 Å². The number of aryl methyl sites for hydroxylation is 1. The quantitative estimate of drug-likeness (QED) is 0.934. The zero-order valence-corrected chi connectivity index (χ0v) is 12.4. The van der Waals surface area contributed by atoms with E-state index in [9.17, 15) is 5.11 Å². The van der Waals surface area contributed by atoms with Gasteiger partial charge in [-0.05, 0) is 41.7 Å². The fourth-order valence-corrected chi connectivity index (χ4v) is 3.15. The summed E-state index contributed by atoms with van der Waals surface area (Å²) in [5.41, 5.74) is 3.44. The van der Waals surface area contributed by atoms with Gasteiger partial charge in [0.15, 0.2) is 0 Å². The van der Waals surface area contributed by atoms with Crippen molar-refractivity contribution >= 4 is 0 Å². The maximum Gasteiger partial charge on any atom is 0.122 e. The Balaban J connectivity index is 1.94. The lowest BCUT2D eigenvalue weighted by Gasteiger charge is -2.21. The second-order valence-electron chi connectivity index (χ2n) is 5.43. The number of aliphatic hydroxyl groups is 1. The number of rotatable bonds is 4. The van der Waals surface area contributed by atoms with Crippen LogP contribution < -0.4 is 9.47 Å². The predicted molar refractivity (Wildman–Crippen MR) is 82.0 cm³/mol. The SMILES string of the molecule is COc1cc(OC)cc(C(O)C2CCc3ccccc32)c1. The lowest BCUT2D eigenvalue weighted by atomic mass is 9.90. The minimum atomic E-state index is -0.544. The van der Waals surface area contributed by atoms with E-state index in [0.717, 1.165) is 18.4 Å². The smallest absolute Gasteiger partial charge is 0.122 e. The number of ether oxygens (including phenoxy) is 2. The van der Waals surface area contributed by atoms with Gasteiger partial charge >= 0.3 is 0 Å². The standard InChI is InChI=1S/C18H20O3/c1-20-14-9-13(10-15(11-14)21-2)18(19)17-8-7-12-5-3-4-6-16(12)17/h3-6,9-11,17-19H,7-8H2,1-2H3. The molecule has 0 radical (unpaired) electrons. The molecule has 0 spiro atoms. The number of benzene rings is 2. The Labute approximate surface area is 125 Å². The molecule has 0 bridgehead atoms. The van der Waals surface area contributed by atoms with Crippen LogP contribution in [0.5, 0.6) is 11.5 Å². The van der Waals surface area contributed by atoms with Crippen LogP contribution in [-0.2, 0) is 6.42 Å². The Kier molecular flexibility index (Phi) is 3.84. The van der Waals surface area contributed by atoms with Crippen molar-refractivity contribution in [1.29, 1.82) is 0 Å². The molecule has 110 valence electrons. The number of hydrogen-bond acceptors (Lipinski definition) is 3. The third-order valence-corrected chi connectivity index (χ3v) is 4.28. The van der Waals surface area contributed by atoms with Gasteiger partial charge in [-0.1, -0.05) is 24.3 Å². The van der Waals surface area contributed by atoms with Crippen molar-refractivity contribution in [3.8, 4) is 11.5 Å². The Morgan fingerprint density at radius 3 is 2.38 bits per heavy atom.